The maximum atomic E-state index is 12.3. The maximum absolute atomic E-state index is 12.3. The number of ether oxygens (including phenoxy) is 1. The molecule has 1 atom stereocenters. The summed E-state index contributed by atoms with van der Waals surface area (Å²) in [5.74, 6) is 0.532. The van der Waals surface area contributed by atoms with E-state index in [1.54, 1.807) is 12.1 Å². The normalized spacial score (nSPS) is 16.4. The van der Waals surface area contributed by atoms with Gasteiger partial charge in [0.1, 0.15) is 11.9 Å². The zero-order valence-corrected chi connectivity index (χ0v) is 19.5. The fourth-order valence-corrected chi connectivity index (χ4v) is 4.01. The molecule has 1 aliphatic heterocycles. The van der Waals surface area contributed by atoms with Crippen LogP contribution in [0, 0.1) is 0 Å². The lowest BCUT2D eigenvalue weighted by Gasteiger charge is -2.36. The van der Waals surface area contributed by atoms with Crippen LogP contribution in [-0.4, -0.2) is 77.9 Å². The summed E-state index contributed by atoms with van der Waals surface area (Å²) in [6, 6.07) is 7.75. The minimum atomic E-state index is -0.118. The molecular formula is C23H34ClN5O2. The van der Waals surface area contributed by atoms with E-state index >= 15 is 0 Å². The van der Waals surface area contributed by atoms with Crippen LogP contribution in [-0.2, 0) is 6.54 Å². The van der Waals surface area contributed by atoms with E-state index in [0.29, 0.717) is 28.9 Å². The fraction of sp³-hybridized carbons (Fsp3) is 0.565. The van der Waals surface area contributed by atoms with Crippen LogP contribution in [0.1, 0.15) is 36.5 Å². The van der Waals surface area contributed by atoms with Gasteiger partial charge in [0.15, 0.2) is 0 Å². The first-order valence-electron chi connectivity index (χ1n) is 11.0. The number of aryl methyl sites for hydroxylation is 1. The Hall–Kier alpha value is -2.09. The number of likely N-dealkylation sites (tertiary alicyclic amines) is 1. The SMILES string of the molecule is C[C@H](CCn1cccn1)N1CCC(Oc2ccc(C(=O)NCCN(C)C)cc2Cl)CC1. The molecule has 1 saturated heterocycles. The molecule has 2 aromatic rings. The van der Waals surface area contributed by atoms with Crippen LogP contribution in [0.2, 0.25) is 5.02 Å². The summed E-state index contributed by atoms with van der Waals surface area (Å²) in [6.07, 6.45) is 6.99. The third-order valence-corrected chi connectivity index (χ3v) is 6.06. The molecule has 7 nitrogen and oxygen atoms in total. The number of nitrogens with zero attached hydrogens (tertiary/aromatic N) is 4. The van der Waals surface area contributed by atoms with Crippen LogP contribution >= 0.6 is 11.6 Å². The average Bonchev–Trinajstić information content (AvgIpc) is 3.27. The smallest absolute Gasteiger partial charge is 0.251 e. The number of likely N-dealkylation sites (N-methyl/N-ethyl adjacent to an activating group) is 1. The summed E-state index contributed by atoms with van der Waals surface area (Å²) >= 11 is 6.41. The Morgan fingerprint density at radius 1 is 1.35 bits per heavy atom. The van der Waals surface area contributed by atoms with Crippen molar-refractivity contribution in [1.29, 1.82) is 0 Å². The summed E-state index contributed by atoms with van der Waals surface area (Å²) in [4.78, 5) is 16.8. The van der Waals surface area contributed by atoms with E-state index in [-0.39, 0.29) is 12.0 Å². The highest BCUT2D eigenvalue weighted by Gasteiger charge is 2.24. The second kappa shape index (κ2) is 11.5. The van der Waals surface area contributed by atoms with E-state index in [1.807, 2.05) is 48.2 Å². The highest BCUT2D eigenvalue weighted by molar-refractivity contribution is 6.32. The number of halogens is 1. The van der Waals surface area contributed by atoms with Crippen molar-refractivity contribution in [3.63, 3.8) is 0 Å². The van der Waals surface area contributed by atoms with E-state index in [0.717, 1.165) is 45.4 Å². The molecule has 0 saturated carbocycles. The molecule has 0 bridgehead atoms. The lowest BCUT2D eigenvalue weighted by Crippen LogP contribution is -2.43. The molecule has 1 aliphatic rings. The molecule has 0 spiro atoms. The van der Waals surface area contributed by atoms with Crippen molar-refractivity contribution in [2.24, 2.45) is 0 Å². The summed E-state index contributed by atoms with van der Waals surface area (Å²) in [5, 5.41) is 7.66. The van der Waals surface area contributed by atoms with Crippen molar-refractivity contribution in [3.8, 4) is 5.75 Å². The zero-order chi connectivity index (χ0) is 22.2. The lowest BCUT2D eigenvalue weighted by molar-refractivity contribution is 0.0760. The topological polar surface area (TPSA) is 62.6 Å². The molecule has 1 amide bonds. The Labute approximate surface area is 190 Å². The van der Waals surface area contributed by atoms with E-state index < -0.39 is 0 Å². The largest absolute Gasteiger partial charge is 0.489 e. The van der Waals surface area contributed by atoms with Gasteiger partial charge < -0.3 is 19.9 Å². The first-order chi connectivity index (χ1) is 14.9. The quantitative estimate of drug-likeness (QED) is 0.606. The maximum Gasteiger partial charge on any atom is 0.251 e. The van der Waals surface area contributed by atoms with Crippen molar-refractivity contribution < 1.29 is 9.53 Å². The third kappa shape index (κ3) is 7.23. The Bertz CT molecular complexity index is 819. The number of nitrogens with one attached hydrogen (secondary N) is 1. The first-order valence-corrected chi connectivity index (χ1v) is 11.4. The Balaban J connectivity index is 1.44. The summed E-state index contributed by atoms with van der Waals surface area (Å²) < 4.78 is 8.16. The van der Waals surface area contributed by atoms with Gasteiger partial charge in [-0.2, -0.15) is 5.10 Å². The van der Waals surface area contributed by atoms with Gasteiger partial charge in [0.25, 0.3) is 5.91 Å². The Kier molecular flexibility index (Phi) is 8.75. The van der Waals surface area contributed by atoms with Gasteiger partial charge in [0.05, 0.1) is 5.02 Å². The van der Waals surface area contributed by atoms with Crippen molar-refractivity contribution in [2.75, 3.05) is 40.3 Å². The van der Waals surface area contributed by atoms with Crippen LogP contribution in [0.5, 0.6) is 5.75 Å². The monoisotopic (exact) mass is 447 g/mol. The third-order valence-electron chi connectivity index (χ3n) is 5.77. The summed E-state index contributed by atoms with van der Waals surface area (Å²) in [5.41, 5.74) is 0.553. The summed E-state index contributed by atoms with van der Waals surface area (Å²) in [7, 11) is 3.95. The molecule has 0 unspecified atom stereocenters. The number of piperidine rings is 1. The molecule has 2 heterocycles. The number of rotatable bonds is 10. The van der Waals surface area contributed by atoms with Crippen molar-refractivity contribution in [1.82, 2.24) is 24.9 Å². The average molecular weight is 448 g/mol. The number of amides is 1. The van der Waals surface area contributed by atoms with Gasteiger partial charge in [0.2, 0.25) is 0 Å². The number of carbonyl (C=O) groups excluding carboxylic acids is 1. The van der Waals surface area contributed by atoms with Crippen LogP contribution in [0.3, 0.4) is 0 Å². The van der Waals surface area contributed by atoms with Gasteiger partial charge in [-0.15, -0.1) is 0 Å². The number of carbonyl (C=O) groups is 1. The highest BCUT2D eigenvalue weighted by atomic mass is 35.5. The molecular weight excluding hydrogens is 414 g/mol. The molecule has 170 valence electrons. The standard InChI is InChI=1S/C23H34ClN5O2/c1-18(7-15-29-12-4-10-26-29)28-13-8-20(9-14-28)31-22-6-5-19(17-21(22)24)23(30)25-11-16-27(2)3/h4-6,10,12,17-18,20H,7-9,11,13-16H2,1-3H3,(H,25,30)/t18-/m1/s1. The fourth-order valence-electron chi connectivity index (χ4n) is 3.78. The predicted molar refractivity (Wildman–Crippen MR) is 124 cm³/mol. The highest BCUT2D eigenvalue weighted by Crippen LogP contribution is 2.29. The van der Waals surface area contributed by atoms with Crippen molar-refractivity contribution in [2.45, 2.75) is 44.9 Å². The van der Waals surface area contributed by atoms with E-state index in [2.05, 4.69) is 22.2 Å². The second-order valence-corrected chi connectivity index (χ2v) is 8.87. The van der Waals surface area contributed by atoms with E-state index in [4.69, 9.17) is 16.3 Å². The van der Waals surface area contributed by atoms with Gasteiger partial charge in [-0.3, -0.25) is 9.48 Å². The number of hydrogen-bond donors (Lipinski definition) is 1. The predicted octanol–water partition coefficient (Wildman–Crippen LogP) is 3.15. The number of hydrogen-bond acceptors (Lipinski definition) is 5. The molecule has 0 radical (unpaired) electrons. The van der Waals surface area contributed by atoms with Crippen LogP contribution in [0.15, 0.2) is 36.7 Å². The minimum Gasteiger partial charge on any atom is -0.489 e. The first kappa shape index (κ1) is 23.6. The molecule has 3 rings (SSSR count). The van der Waals surface area contributed by atoms with Crippen LogP contribution < -0.4 is 10.1 Å². The number of aromatic nitrogens is 2. The molecule has 0 aliphatic carbocycles. The molecule has 1 N–H and O–H groups in total. The second-order valence-electron chi connectivity index (χ2n) is 8.46. The summed E-state index contributed by atoms with van der Waals surface area (Å²) in [6.45, 7) is 6.63. The number of benzene rings is 1. The molecule has 1 aromatic carbocycles. The van der Waals surface area contributed by atoms with Gasteiger partial charge in [-0.1, -0.05) is 11.6 Å². The van der Waals surface area contributed by atoms with Crippen LogP contribution in [0.4, 0.5) is 0 Å². The van der Waals surface area contributed by atoms with Crippen molar-refractivity contribution >= 4 is 17.5 Å². The Morgan fingerprint density at radius 2 is 2.13 bits per heavy atom. The molecule has 8 heteroatoms. The minimum absolute atomic E-state index is 0.118. The van der Waals surface area contributed by atoms with Crippen LogP contribution in [0.25, 0.3) is 0 Å². The Morgan fingerprint density at radius 3 is 2.77 bits per heavy atom. The van der Waals surface area contributed by atoms with Gasteiger partial charge >= 0.3 is 0 Å². The van der Waals surface area contributed by atoms with Gasteiger partial charge in [0, 0.05) is 56.7 Å². The molecule has 1 aromatic heterocycles. The van der Waals surface area contributed by atoms with Gasteiger partial charge in [-0.25, -0.2) is 0 Å². The van der Waals surface area contributed by atoms with E-state index in [9.17, 15) is 4.79 Å². The zero-order valence-electron chi connectivity index (χ0n) is 18.8. The van der Waals surface area contributed by atoms with Crippen molar-refractivity contribution in [3.05, 3.63) is 47.2 Å². The lowest BCUT2D eigenvalue weighted by atomic mass is 10.0. The molecule has 31 heavy (non-hydrogen) atoms. The molecule has 1 fully saturated rings. The van der Waals surface area contributed by atoms with Gasteiger partial charge in [-0.05, 0) is 64.5 Å². The van der Waals surface area contributed by atoms with E-state index in [1.165, 1.54) is 0 Å².